The van der Waals surface area contributed by atoms with E-state index < -0.39 is 0 Å². The molecular weight excluding hydrogens is 232 g/mol. The lowest BCUT2D eigenvalue weighted by Crippen LogP contribution is -2.07. The molecule has 0 amide bonds. The van der Waals surface area contributed by atoms with Gasteiger partial charge in [0.05, 0.1) is 13.3 Å². The minimum absolute atomic E-state index is 0.351. The lowest BCUT2D eigenvalue weighted by atomic mass is 10.2. The first-order valence-electron chi connectivity index (χ1n) is 5.67. The van der Waals surface area contributed by atoms with Gasteiger partial charge in [0.1, 0.15) is 18.1 Å². The SMILES string of the molecule is CNCc1ccc(OC)cc1OCc1ccno1. The van der Waals surface area contributed by atoms with Crippen LogP contribution in [0, 0.1) is 0 Å². The zero-order chi connectivity index (χ0) is 12.8. The van der Waals surface area contributed by atoms with E-state index in [1.54, 1.807) is 19.4 Å². The first-order valence-corrected chi connectivity index (χ1v) is 5.67. The number of hydrogen-bond acceptors (Lipinski definition) is 5. The van der Waals surface area contributed by atoms with Crippen LogP contribution in [0.1, 0.15) is 11.3 Å². The van der Waals surface area contributed by atoms with Crippen LogP contribution in [0.15, 0.2) is 35.0 Å². The van der Waals surface area contributed by atoms with Crippen molar-refractivity contribution < 1.29 is 14.0 Å². The number of aromatic nitrogens is 1. The van der Waals surface area contributed by atoms with Gasteiger partial charge in [0, 0.05) is 24.2 Å². The second-order valence-corrected chi connectivity index (χ2v) is 3.77. The lowest BCUT2D eigenvalue weighted by molar-refractivity contribution is 0.246. The molecule has 0 aliphatic rings. The van der Waals surface area contributed by atoms with Gasteiger partial charge in [-0.15, -0.1) is 0 Å². The van der Waals surface area contributed by atoms with Crippen molar-refractivity contribution in [2.45, 2.75) is 13.2 Å². The molecule has 0 aliphatic heterocycles. The molecule has 0 spiro atoms. The Morgan fingerprint density at radius 3 is 2.89 bits per heavy atom. The third kappa shape index (κ3) is 3.01. The lowest BCUT2D eigenvalue weighted by Gasteiger charge is -2.11. The number of benzene rings is 1. The summed E-state index contributed by atoms with van der Waals surface area (Å²) in [5, 5.41) is 6.73. The molecule has 1 N–H and O–H groups in total. The minimum Gasteiger partial charge on any atom is -0.497 e. The molecule has 0 fully saturated rings. The Morgan fingerprint density at radius 1 is 1.33 bits per heavy atom. The standard InChI is InChI=1S/C13H16N2O3/c1-14-8-10-3-4-11(16-2)7-13(10)17-9-12-5-6-15-18-12/h3-7,14H,8-9H2,1-2H3. The van der Waals surface area contributed by atoms with Gasteiger partial charge in [-0.3, -0.25) is 0 Å². The van der Waals surface area contributed by atoms with Gasteiger partial charge < -0.3 is 19.3 Å². The van der Waals surface area contributed by atoms with Gasteiger partial charge >= 0.3 is 0 Å². The second kappa shape index (κ2) is 6.07. The fraction of sp³-hybridized carbons (Fsp3) is 0.308. The highest BCUT2D eigenvalue weighted by Crippen LogP contribution is 2.25. The topological polar surface area (TPSA) is 56.5 Å². The van der Waals surface area contributed by atoms with Crippen molar-refractivity contribution >= 4 is 0 Å². The Bertz CT molecular complexity index is 483. The minimum atomic E-state index is 0.351. The van der Waals surface area contributed by atoms with Crippen LogP contribution in [0.4, 0.5) is 0 Å². The fourth-order valence-corrected chi connectivity index (χ4v) is 1.60. The van der Waals surface area contributed by atoms with Crippen LogP contribution < -0.4 is 14.8 Å². The van der Waals surface area contributed by atoms with Crippen molar-refractivity contribution in [2.75, 3.05) is 14.2 Å². The third-order valence-electron chi connectivity index (χ3n) is 2.50. The first-order chi connectivity index (χ1) is 8.83. The summed E-state index contributed by atoms with van der Waals surface area (Å²) in [6, 6.07) is 7.53. The van der Waals surface area contributed by atoms with E-state index in [9.17, 15) is 0 Å². The molecule has 1 aromatic heterocycles. The van der Waals surface area contributed by atoms with Crippen molar-refractivity contribution in [3.05, 3.63) is 41.8 Å². The molecule has 0 bridgehead atoms. The van der Waals surface area contributed by atoms with Crippen molar-refractivity contribution in [2.24, 2.45) is 0 Å². The van der Waals surface area contributed by atoms with E-state index in [1.807, 2.05) is 25.2 Å². The molecule has 96 valence electrons. The molecule has 0 aliphatic carbocycles. The van der Waals surface area contributed by atoms with E-state index in [1.165, 1.54) is 0 Å². The molecule has 1 aromatic carbocycles. The smallest absolute Gasteiger partial charge is 0.174 e. The van der Waals surface area contributed by atoms with Crippen molar-refractivity contribution in [3.8, 4) is 11.5 Å². The van der Waals surface area contributed by atoms with E-state index in [4.69, 9.17) is 14.0 Å². The van der Waals surface area contributed by atoms with E-state index in [-0.39, 0.29) is 0 Å². The first kappa shape index (κ1) is 12.4. The van der Waals surface area contributed by atoms with Gasteiger partial charge in [-0.05, 0) is 13.1 Å². The summed E-state index contributed by atoms with van der Waals surface area (Å²) >= 11 is 0. The van der Waals surface area contributed by atoms with Gasteiger partial charge in [-0.2, -0.15) is 0 Å². The van der Waals surface area contributed by atoms with Crippen LogP contribution >= 0.6 is 0 Å². The van der Waals surface area contributed by atoms with Gasteiger partial charge in [-0.25, -0.2) is 0 Å². The summed E-state index contributed by atoms with van der Waals surface area (Å²) in [7, 11) is 3.53. The molecule has 1 heterocycles. The van der Waals surface area contributed by atoms with E-state index in [2.05, 4.69) is 10.5 Å². The van der Waals surface area contributed by atoms with E-state index in [0.29, 0.717) is 12.4 Å². The molecule has 2 aromatic rings. The number of hydrogen-bond donors (Lipinski definition) is 1. The van der Waals surface area contributed by atoms with Crippen LogP contribution in [0.5, 0.6) is 11.5 Å². The molecule has 2 rings (SSSR count). The van der Waals surface area contributed by atoms with Crippen molar-refractivity contribution in [1.29, 1.82) is 0 Å². The van der Waals surface area contributed by atoms with Crippen LogP contribution in [0.25, 0.3) is 0 Å². The number of rotatable bonds is 6. The molecule has 0 unspecified atom stereocenters. The largest absolute Gasteiger partial charge is 0.497 e. The Morgan fingerprint density at radius 2 is 2.22 bits per heavy atom. The number of nitrogens with one attached hydrogen (secondary N) is 1. The quantitative estimate of drug-likeness (QED) is 0.847. The van der Waals surface area contributed by atoms with Crippen LogP contribution in [-0.4, -0.2) is 19.3 Å². The molecule has 0 atom stereocenters. The zero-order valence-corrected chi connectivity index (χ0v) is 10.5. The molecular formula is C13H16N2O3. The summed E-state index contributed by atoms with van der Waals surface area (Å²) in [5.74, 6) is 2.23. The molecule has 0 saturated heterocycles. The van der Waals surface area contributed by atoms with Gasteiger partial charge in [0.2, 0.25) is 0 Å². The van der Waals surface area contributed by atoms with Crippen LogP contribution in [0.2, 0.25) is 0 Å². The maximum atomic E-state index is 5.72. The average Bonchev–Trinajstić information content (AvgIpc) is 2.91. The van der Waals surface area contributed by atoms with Crippen LogP contribution in [0.3, 0.4) is 0 Å². The number of methoxy groups -OCH3 is 1. The summed E-state index contributed by atoms with van der Waals surface area (Å²) in [6.45, 7) is 1.08. The number of ether oxygens (including phenoxy) is 2. The highest BCUT2D eigenvalue weighted by atomic mass is 16.5. The molecule has 5 nitrogen and oxygen atoms in total. The summed E-state index contributed by atoms with van der Waals surface area (Å²) in [4.78, 5) is 0. The normalized spacial score (nSPS) is 10.3. The van der Waals surface area contributed by atoms with Gasteiger partial charge in [0.15, 0.2) is 5.76 Å². The fourth-order valence-electron chi connectivity index (χ4n) is 1.60. The molecule has 5 heteroatoms. The van der Waals surface area contributed by atoms with E-state index in [0.717, 1.165) is 23.6 Å². The zero-order valence-electron chi connectivity index (χ0n) is 10.5. The molecule has 0 saturated carbocycles. The highest BCUT2D eigenvalue weighted by molar-refractivity contribution is 5.40. The number of nitrogens with zero attached hydrogens (tertiary/aromatic N) is 1. The Balaban J connectivity index is 2.12. The monoisotopic (exact) mass is 248 g/mol. The van der Waals surface area contributed by atoms with Crippen molar-refractivity contribution in [1.82, 2.24) is 10.5 Å². The highest BCUT2D eigenvalue weighted by Gasteiger charge is 2.07. The maximum Gasteiger partial charge on any atom is 0.174 e. The summed E-state index contributed by atoms with van der Waals surface area (Å²) < 4.78 is 15.9. The van der Waals surface area contributed by atoms with Gasteiger partial charge in [0.25, 0.3) is 0 Å². The molecule has 0 radical (unpaired) electrons. The maximum absolute atomic E-state index is 5.72. The summed E-state index contributed by atoms with van der Waals surface area (Å²) in [5.41, 5.74) is 1.07. The predicted molar refractivity (Wildman–Crippen MR) is 66.6 cm³/mol. The predicted octanol–water partition coefficient (Wildman–Crippen LogP) is 1.98. The Hall–Kier alpha value is -2.01. The van der Waals surface area contributed by atoms with Crippen LogP contribution in [-0.2, 0) is 13.2 Å². The third-order valence-corrected chi connectivity index (χ3v) is 2.50. The Kier molecular flexibility index (Phi) is 4.20. The van der Waals surface area contributed by atoms with Gasteiger partial charge in [-0.1, -0.05) is 11.2 Å². The Labute approximate surface area is 106 Å². The second-order valence-electron chi connectivity index (χ2n) is 3.77. The average molecular weight is 248 g/mol. The van der Waals surface area contributed by atoms with E-state index >= 15 is 0 Å². The van der Waals surface area contributed by atoms with Crippen molar-refractivity contribution in [3.63, 3.8) is 0 Å². The molecule has 18 heavy (non-hydrogen) atoms. The summed E-state index contributed by atoms with van der Waals surface area (Å²) in [6.07, 6.45) is 1.60.